The van der Waals surface area contributed by atoms with Gasteiger partial charge in [-0.1, -0.05) is 51.3 Å². The van der Waals surface area contributed by atoms with E-state index in [9.17, 15) is 9.90 Å². The van der Waals surface area contributed by atoms with Crippen LogP contribution in [0.5, 0.6) is 0 Å². The molecule has 0 spiro atoms. The number of benzene rings is 2. The summed E-state index contributed by atoms with van der Waals surface area (Å²) in [5.41, 5.74) is 1.10. The normalized spacial score (nSPS) is 11.9. The van der Waals surface area contributed by atoms with E-state index in [0.717, 1.165) is 4.47 Å². The summed E-state index contributed by atoms with van der Waals surface area (Å²) >= 11 is 15.3. The van der Waals surface area contributed by atoms with Gasteiger partial charge >= 0.3 is 5.97 Å². The van der Waals surface area contributed by atoms with Gasteiger partial charge in [-0.3, -0.25) is 0 Å². The Bertz CT molecular complexity index is 649. The molecule has 1 unspecified atom stereocenters. The van der Waals surface area contributed by atoms with Crippen molar-refractivity contribution in [2.24, 2.45) is 0 Å². The molecule has 2 N–H and O–H groups in total. The van der Waals surface area contributed by atoms with Crippen molar-refractivity contribution in [3.05, 3.63) is 62.5 Å². The molecular formula is C14H10BrCl2NO2. The summed E-state index contributed by atoms with van der Waals surface area (Å²) in [4.78, 5) is 11.5. The molecule has 0 fully saturated rings. The highest BCUT2D eigenvalue weighted by Gasteiger charge is 2.22. The Morgan fingerprint density at radius 1 is 1.20 bits per heavy atom. The van der Waals surface area contributed by atoms with Crippen molar-refractivity contribution in [3.63, 3.8) is 0 Å². The van der Waals surface area contributed by atoms with Crippen molar-refractivity contribution in [2.75, 3.05) is 5.32 Å². The van der Waals surface area contributed by atoms with E-state index in [-0.39, 0.29) is 0 Å². The molecule has 2 aromatic rings. The van der Waals surface area contributed by atoms with E-state index >= 15 is 0 Å². The number of halogens is 3. The standard InChI is InChI=1S/C14H10BrCl2NO2/c15-8-4-5-11(12(17)6-8)13(14(19)20)18-10-3-1-2-9(16)7-10/h1-7,13,18H,(H,19,20). The highest BCUT2D eigenvalue weighted by molar-refractivity contribution is 9.10. The number of nitrogens with one attached hydrogen (secondary N) is 1. The Hall–Kier alpha value is -1.23. The van der Waals surface area contributed by atoms with Crippen molar-refractivity contribution < 1.29 is 9.90 Å². The van der Waals surface area contributed by atoms with Crippen LogP contribution in [0.25, 0.3) is 0 Å². The first-order valence-electron chi connectivity index (χ1n) is 5.67. The molecule has 3 nitrogen and oxygen atoms in total. The summed E-state index contributed by atoms with van der Waals surface area (Å²) in [6.45, 7) is 0. The molecule has 0 radical (unpaired) electrons. The van der Waals surface area contributed by atoms with E-state index in [4.69, 9.17) is 23.2 Å². The van der Waals surface area contributed by atoms with Crippen LogP contribution in [0, 0.1) is 0 Å². The van der Waals surface area contributed by atoms with Crippen molar-refractivity contribution in [3.8, 4) is 0 Å². The molecular weight excluding hydrogens is 365 g/mol. The van der Waals surface area contributed by atoms with Gasteiger partial charge in [-0.05, 0) is 30.3 Å². The average Bonchev–Trinajstić information content (AvgIpc) is 2.36. The highest BCUT2D eigenvalue weighted by atomic mass is 79.9. The second-order valence-electron chi connectivity index (χ2n) is 4.09. The van der Waals surface area contributed by atoms with Gasteiger partial charge in [0.15, 0.2) is 6.04 Å². The Morgan fingerprint density at radius 2 is 1.95 bits per heavy atom. The molecule has 104 valence electrons. The largest absolute Gasteiger partial charge is 0.479 e. The second kappa shape index (κ2) is 6.48. The van der Waals surface area contributed by atoms with Gasteiger partial charge in [-0.2, -0.15) is 0 Å². The van der Waals surface area contributed by atoms with Crippen LogP contribution >= 0.6 is 39.1 Å². The molecule has 0 aliphatic rings. The van der Waals surface area contributed by atoms with Gasteiger partial charge in [-0.25, -0.2) is 4.79 Å². The van der Waals surface area contributed by atoms with Gasteiger partial charge in [0, 0.05) is 25.8 Å². The molecule has 20 heavy (non-hydrogen) atoms. The summed E-state index contributed by atoms with van der Waals surface area (Å²) < 4.78 is 0.790. The molecule has 0 amide bonds. The summed E-state index contributed by atoms with van der Waals surface area (Å²) in [5.74, 6) is -1.02. The minimum atomic E-state index is -1.02. The van der Waals surface area contributed by atoms with Crippen molar-refractivity contribution in [1.82, 2.24) is 0 Å². The minimum Gasteiger partial charge on any atom is -0.479 e. The molecule has 2 aromatic carbocycles. The summed E-state index contributed by atoms with van der Waals surface area (Å²) in [5, 5.41) is 13.2. The van der Waals surface area contributed by atoms with Gasteiger partial charge in [0.1, 0.15) is 0 Å². The smallest absolute Gasteiger partial charge is 0.330 e. The van der Waals surface area contributed by atoms with E-state index in [0.29, 0.717) is 21.3 Å². The summed E-state index contributed by atoms with van der Waals surface area (Å²) in [6.07, 6.45) is 0. The first-order valence-corrected chi connectivity index (χ1v) is 7.22. The molecule has 0 aromatic heterocycles. The SMILES string of the molecule is O=C(O)C(Nc1cccc(Cl)c1)c1ccc(Br)cc1Cl. The third-order valence-corrected chi connectivity index (χ3v) is 3.71. The van der Waals surface area contributed by atoms with Crippen LogP contribution in [0.3, 0.4) is 0 Å². The maximum atomic E-state index is 11.5. The van der Waals surface area contributed by atoms with Crippen LogP contribution in [-0.4, -0.2) is 11.1 Å². The maximum absolute atomic E-state index is 11.5. The minimum absolute atomic E-state index is 0.376. The van der Waals surface area contributed by atoms with E-state index in [1.54, 1.807) is 42.5 Å². The summed E-state index contributed by atoms with van der Waals surface area (Å²) in [6, 6.07) is 11.0. The first-order chi connectivity index (χ1) is 9.47. The van der Waals surface area contributed by atoms with Crippen LogP contribution in [0.2, 0.25) is 10.0 Å². The molecule has 0 bridgehead atoms. The zero-order chi connectivity index (χ0) is 14.7. The average molecular weight is 375 g/mol. The van der Waals surface area contributed by atoms with Crippen molar-refractivity contribution >= 4 is 50.8 Å². The topological polar surface area (TPSA) is 49.3 Å². The third-order valence-electron chi connectivity index (χ3n) is 2.66. The maximum Gasteiger partial charge on any atom is 0.330 e. The van der Waals surface area contributed by atoms with Gasteiger partial charge in [-0.15, -0.1) is 0 Å². The van der Waals surface area contributed by atoms with Gasteiger partial charge in [0.05, 0.1) is 0 Å². The Kier molecular flexibility index (Phi) is 4.91. The van der Waals surface area contributed by atoms with E-state index in [1.807, 2.05) is 0 Å². The molecule has 1 atom stereocenters. The molecule has 2 rings (SSSR count). The van der Waals surface area contributed by atoms with E-state index in [2.05, 4.69) is 21.2 Å². The number of hydrogen-bond acceptors (Lipinski definition) is 2. The van der Waals surface area contributed by atoms with E-state index < -0.39 is 12.0 Å². The molecule has 6 heteroatoms. The molecule has 0 aliphatic carbocycles. The number of hydrogen-bond donors (Lipinski definition) is 2. The fraction of sp³-hybridized carbons (Fsp3) is 0.0714. The van der Waals surface area contributed by atoms with Crippen molar-refractivity contribution in [2.45, 2.75) is 6.04 Å². The van der Waals surface area contributed by atoms with E-state index in [1.165, 1.54) is 0 Å². The van der Waals surface area contributed by atoms with Crippen LogP contribution < -0.4 is 5.32 Å². The van der Waals surface area contributed by atoms with Crippen LogP contribution in [0.4, 0.5) is 5.69 Å². The molecule has 0 heterocycles. The van der Waals surface area contributed by atoms with Crippen LogP contribution in [0.1, 0.15) is 11.6 Å². The zero-order valence-corrected chi connectivity index (χ0v) is 13.2. The van der Waals surface area contributed by atoms with Gasteiger partial charge in [0.25, 0.3) is 0 Å². The number of carboxylic acids is 1. The third kappa shape index (κ3) is 3.66. The number of aliphatic carboxylic acids is 1. The fourth-order valence-corrected chi connectivity index (χ4v) is 2.73. The lowest BCUT2D eigenvalue weighted by molar-refractivity contribution is -0.138. The number of carbonyl (C=O) groups is 1. The molecule has 0 aliphatic heterocycles. The monoisotopic (exact) mass is 373 g/mol. The Labute approximate surface area is 134 Å². The van der Waals surface area contributed by atoms with Crippen molar-refractivity contribution in [1.29, 1.82) is 0 Å². The van der Waals surface area contributed by atoms with Crippen LogP contribution in [-0.2, 0) is 4.79 Å². The zero-order valence-electron chi connectivity index (χ0n) is 10.1. The fourth-order valence-electron chi connectivity index (χ4n) is 1.75. The molecule has 0 saturated heterocycles. The highest BCUT2D eigenvalue weighted by Crippen LogP contribution is 2.29. The number of anilines is 1. The lowest BCUT2D eigenvalue weighted by Gasteiger charge is -2.17. The second-order valence-corrected chi connectivity index (χ2v) is 5.85. The summed E-state index contributed by atoms with van der Waals surface area (Å²) in [7, 11) is 0. The van der Waals surface area contributed by atoms with Gasteiger partial charge in [0.2, 0.25) is 0 Å². The van der Waals surface area contributed by atoms with Gasteiger partial charge < -0.3 is 10.4 Å². The lowest BCUT2D eigenvalue weighted by Crippen LogP contribution is -2.20. The number of carboxylic acid groups (broad SMARTS) is 1. The predicted octanol–water partition coefficient (Wildman–Crippen LogP) is 4.99. The molecule has 0 saturated carbocycles. The Balaban J connectivity index is 2.34. The Morgan fingerprint density at radius 3 is 2.55 bits per heavy atom. The quantitative estimate of drug-likeness (QED) is 0.792. The first kappa shape index (κ1) is 15.2. The predicted molar refractivity (Wildman–Crippen MR) is 84.6 cm³/mol. The lowest BCUT2D eigenvalue weighted by atomic mass is 10.1. The van der Waals surface area contributed by atoms with Crippen LogP contribution in [0.15, 0.2) is 46.9 Å². The number of rotatable bonds is 4.